The molecule has 0 saturated carbocycles. The van der Waals surface area contributed by atoms with E-state index in [-0.39, 0.29) is 0 Å². The second-order valence-electron chi connectivity index (χ2n) is 7.52. The van der Waals surface area contributed by atoms with Gasteiger partial charge in [-0.15, -0.1) is 0 Å². The van der Waals surface area contributed by atoms with Gasteiger partial charge in [-0.05, 0) is 55.2 Å². The first-order valence-corrected chi connectivity index (χ1v) is 10.7. The predicted molar refractivity (Wildman–Crippen MR) is 132 cm³/mol. The van der Waals surface area contributed by atoms with E-state index in [1.165, 1.54) is 21.5 Å². The molecule has 5 aromatic carbocycles. The van der Waals surface area contributed by atoms with Gasteiger partial charge in [-0.1, -0.05) is 85.5 Å². The van der Waals surface area contributed by atoms with E-state index in [4.69, 9.17) is 4.42 Å². The summed E-state index contributed by atoms with van der Waals surface area (Å²) < 4.78 is 7.52. The zero-order valence-corrected chi connectivity index (χ0v) is 17.7. The molecule has 0 fully saturated rings. The summed E-state index contributed by atoms with van der Waals surface area (Å²) in [6.07, 6.45) is 1.85. The van der Waals surface area contributed by atoms with E-state index >= 15 is 0 Å². The number of furan rings is 1. The molecule has 6 aromatic rings. The Bertz CT molecular complexity index is 1620. The van der Waals surface area contributed by atoms with E-state index in [1.807, 2.05) is 6.08 Å². The van der Waals surface area contributed by atoms with Gasteiger partial charge in [-0.3, -0.25) is 0 Å². The van der Waals surface area contributed by atoms with Crippen LogP contribution in [0.15, 0.2) is 100 Å². The van der Waals surface area contributed by atoms with Crippen LogP contribution in [0.1, 0.15) is 5.56 Å². The third-order valence-corrected chi connectivity index (χ3v) is 6.72. The lowest BCUT2D eigenvalue weighted by Crippen LogP contribution is -1.88. The standard InChI is InChI=1S/C28H17BrO/c1-2-17-14-15-20-23-12-7-13-24(28(23)30-25(20)16-17)26-21-10-5-3-8-18(21)19-9-4-6-11-22(19)27(26)29/h2-16H,1H2. The quantitative estimate of drug-likeness (QED) is 0.241. The van der Waals surface area contributed by atoms with Crippen LogP contribution >= 0.6 is 15.9 Å². The molecular formula is C28H17BrO. The van der Waals surface area contributed by atoms with Gasteiger partial charge in [0, 0.05) is 26.4 Å². The Hall–Kier alpha value is -3.36. The molecule has 0 aliphatic rings. The number of para-hydroxylation sites is 1. The third kappa shape index (κ3) is 2.41. The average molecular weight is 449 g/mol. The molecule has 0 radical (unpaired) electrons. The molecule has 0 unspecified atom stereocenters. The molecule has 0 bridgehead atoms. The van der Waals surface area contributed by atoms with Crippen molar-refractivity contribution in [3.8, 4) is 11.1 Å². The molecule has 0 aliphatic carbocycles. The highest BCUT2D eigenvalue weighted by Gasteiger charge is 2.18. The lowest BCUT2D eigenvalue weighted by Gasteiger charge is -2.14. The molecular weight excluding hydrogens is 432 g/mol. The van der Waals surface area contributed by atoms with Crippen molar-refractivity contribution in [1.82, 2.24) is 0 Å². The molecule has 2 heteroatoms. The molecule has 0 atom stereocenters. The molecule has 30 heavy (non-hydrogen) atoms. The first kappa shape index (κ1) is 17.5. The fourth-order valence-corrected chi connectivity index (χ4v) is 5.27. The van der Waals surface area contributed by atoms with Crippen molar-refractivity contribution < 1.29 is 4.42 Å². The van der Waals surface area contributed by atoms with Crippen LogP contribution < -0.4 is 0 Å². The minimum absolute atomic E-state index is 0.885. The van der Waals surface area contributed by atoms with Crippen molar-refractivity contribution in [1.29, 1.82) is 0 Å². The van der Waals surface area contributed by atoms with Gasteiger partial charge in [0.2, 0.25) is 0 Å². The number of rotatable bonds is 2. The molecule has 1 aromatic heterocycles. The second kappa shape index (κ2) is 6.58. The van der Waals surface area contributed by atoms with Gasteiger partial charge in [0.05, 0.1) is 0 Å². The Morgan fingerprint density at radius 3 is 2.10 bits per heavy atom. The molecule has 0 amide bonds. The van der Waals surface area contributed by atoms with Crippen molar-refractivity contribution >= 4 is 65.5 Å². The summed E-state index contributed by atoms with van der Waals surface area (Å²) in [5.74, 6) is 0. The van der Waals surface area contributed by atoms with E-state index in [0.717, 1.165) is 43.1 Å². The molecule has 0 saturated heterocycles. The van der Waals surface area contributed by atoms with E-state index < -0.39 is 0 Å². The van der Waals surface area contributed by atoms with Crippen LogP contribution in [0.4, 0.5) is 0 Å². The lowest BCUT2D eigenvalue weighted by molar-refractivity contribution is 0.670. The fraction of sp³-hybridized carbons (Fsp3) is 0. The number of fused-ring (bicyclic) bond motifs is 6. The van der Waals surface area contributed by atoms with Crippen LogP contribution in [-0.4, -0.2) is 0 Å². The van der Waals surface area contributed by atoms with E-state index in [1.54, 1.807) is 0 Å². The molecule has 1 nitrogen and oxygen atoms in total. The van der Waals surface area contributed by atoms with Crippen LogP contribution in [0, 0.1) is 0 Å². The zero-order chi connectivity index (χ0) is 20.2. The molecule has 1 heterocycles. The summed E-state index contributed by atoms with van der Waals surface area (Å²) in [6.45, 7) is 3.88. The van der Waals surface area contributed by atoms with Gasteiger partial charge in [0.1, 0.15) is 11.2 Å². The van der Waals surface area contributed by atoms with Crippen molar-refractivity contribution in [3.63, 3.8) is 0 Å². The average Bonchev–Trinajstić information content (AvgIpc) is 3.18. The maximum Gasteiger partial charge on any atom is 0.143 e. The van der Waals surface area contributed by atoms with E-state index in [0.29, 0.717) is 0 Å². The summed E-state index contributed by atoms with van der Waals surface area (Å²) in [5, 5.41) is 7.15. The molecule has 6 rings (SSSR count). The topological polar surface area (TPSA) is 13.1 Å². The third-order valence-electron chi connectivity index (χ3n) is 5.90. The maximum absolute atomic E-state index is 6.43. The first-order valence-electron chi connectivity index (χ1n) is 9.93. The normalized spacial score (nSPS) is 11.6. The van der Waals surface area contributed by atoms with Gasteiger partial charge in [-0.25, -0.2) is 0 Å². The summed E-state index contributed by atoms with van der Waals surface area (Å²) >= 11 is 3.94. The molecule has 142 valence electrons. The smallest absolute Gasteiger partial charge is 0.143 e. The first-order chi connectivity index (χ1) is 14.8. The van der Waals surface area contributed by atoms with E-state index in [2.05, 4.69) is 107 Å². The Labute approximate surface area is 182 Å². The van der Waals surface area contributed by atoms with Gasteiger partial charge in [0.15, 0.2) is 0 Å². The highest BCUT2D eigenvalue weighted by atomic mass is 79.9. The van der Waals surface area contributed by atoms with Gasteiger partial charge in [0.25, 0.3) is 0 Å². The van der Waals surface area contributed by atoms with Crippen LogP contribution in [-0.2, 0) is 0 Å². The van der Waals surface area contributed by atoms with Crippen molar-refractivity contribution in [2.75, 3.05) is 0 Å². The minimum Gasteiger partial charge on any atom is -0.455 e. The Morgan fingerprint density at radius 2 is 1.33 bits per heavy atom. The highest BCUT2D eigenvalue weighted by molar-refractivity contribution is 9.10. The summed E-state index contributed by atoms with van der Waals surface area (Å²) in [6, 6.07) is 29.8. The number of benzene rings is 5. The van der Waals surface area contributed by atoms with Crippen molar-refractivity contribution in [2.45, 2.75) is 0 Å². The number of hydrogen-bond donors (Lipinski definition) is 0. The predicted octanol–water partition coefficient (Wildman–Crippen LogP) is 8.96. The van der Waals surface area contributed by atoms with Crippen LogP contribution in [0.25, 0.3) is 60.7 Å². The SMILES string of the molecule is C=Cc1ccc2c(c1)oc1c(-c3c(Br)c4ccccc4c4ccccc34)cccc12. The second-order valence-corrected chi connectivity index (χ2v) is 8.32. The summed E-state index contributed by atoms with van der Waals surface area (Å²) in [4.78, 5) is 0. The van der Waals surface area contributed by atoms with Crippen molar-refractivity contribution in [3.05, 3.63) is 102 Å². The van der Waals surface area contributed by atoms with Gasteiger partial charge < -0.3 is 4.42 Å². The zero-order valence-electron chi connectivity index (χ0n) is 16.2. The number of halogens is 1. The van der Waals surface area contributed by atoms with E-state index in [9.17, 15) is 0 Å². The lowest BCUT2D eigenvalue weighted by atomic mass is 9.92. The van der Waals surface area contributed by atoms with Gasteiger partial charge in [-0.2, -0.15) is 0 Å². The van der Waals surface area contributed by atoms with Crippen LogP contribution in [0.2, 0.25) is 0 Å². The number of hydrogen-bond acceptors (Lipinski definition) is 1. The largest absolute Gasteiger partial charge is 0.455 e. The summed E-state index contributed by atoms with van der Waals surface area (Å²) in [5.41, 5.74) is 5.11. The van der Waals surface area contributed by atoms with Crippen molar-refractivity contribution in [2.24, 2.45) is 0 Å². The molecule has 0 aliphatic heterocycles. The molecule has 0 N–H and O–H groups in total. The minimum atomic E-state index is 0.885. The maximum atomic E-state index is 6.43. The fourth-order valence-electron chi connectivity index (χ4n) is 4.50. The van der Waals surface area contributed by atoms with Crippen LogP contribution in [0.3, 0.4) is 0 Å². The highest BCUT2D eigenvalue weighted by Crippen LogP contribution is 2.45. The molecule has 0 spiro atoms. The van der Waals surface area contributed by atoms with Crippen LogP contribution in [0.5, 0.6) is 0 Å². The Morgan fingerprint density at radius 1 is 0.667 bits per heavy atom. The van der Waals surface area contributed by atoms with Gasteiger partial charge >= 0.3 is 0 Å². The summed E-state index contributed by atoms with van der Waals surface area (Å²) in [7, 11) is 0. The monoisotopic (exact) mass is 448 g/mol. The Kier molecular flexibility index (Phi) is 3.84. The Balaban J connectivity index is 1.79.